The van der Waals surface area contributed by atoms with Gasteiger partial charge in [0.05, 0.1) is 21.3 Å². The fraction of sp³-hybridized carbons (Fsp3) is 0.235. The van der Waals surface area contributed by atoms with Crippen LogP contribution in [-0.2, 0) is 0 Å². The maximum Gasteiger partial charge on any atom is 0.270 e. The number of benzene rings is 1. The van der Waals surface area contributed by atoms with Crippen LogP contribution in [0.1, 0.15) is 10.5 Å². The molecule has 0 unspecified atom stereocenters. The topological polar surface area (TPSA) is 94.6 Å². The lowest BCUT2D eigenvalue weighted by molar-refractivity contribution is 0.0953. The number of nitrogens with one attached hydrogen (secondary N) is 2. The number of carbonyl (C=O) groups excluding carboxylic acids is 1. The summed E-state index contributed by atoms with van der Waals surface area (Å²) in [7, 11) is 4.60. The Morgan fingerprint density at radius 2 is 1.80 bits per heavy atom. The minimum atomic E-state index is -0.310. The van der Waals surface area contributed by atoms with Gasteiger partial charge in [-0.3, -0.25) is 4.79 Å². The van der Waals surface area contributed by atoms with Gasteiger partial charge in [-0.25, -0.2) is 9.97 Å². The van der Waals surface area contributed by atoms with E-state index in [2.05, 4.69) is 27.2 Å². The molecular formula is C17H20N4O4. The van der Waals surface area contributed by atoms with Crippen molar-refractivity contribution in [2.75, 3.05) is 33.2 Å². The number of rotatable bonds is 8. The Kier molecular flexibility index (Phi) is 6.16. The number of carbonyl (C=O) groups is 1. The fourth-order valence-electron chi connectivity index (χ4n) is 2.11. The Labute approximate surface area is 145 Å². The number of aromatic nitrogens is 2. The molecule has 0 radical (unpaired) electrons. The second-order valence-electron chi connectivity index (χ2n) is 4.83. The molecule has 0 aliphatic rings. The summed E-state index contributed by atoms with van der Waals surface area (Å²) in [5.41, 5.74) is 0.900. The quantitative estimate of drug-likeness (QED) is 0.709. The number of ether oxygens (including phenoxy) is 3. The van der Waals surface area contributed by atoms with Gasteiger partial charge in [0, 0.05) is 30.4 Å². The van der Waals surface area contributed by atoms with E-state index in [-0.39, 0.29) is 11.6 Å². The fourth-order valence-corrected chi connectivity index (χ4v) is 2.11. The van der Waals surface area contributed by atoms with Crippen molar-refractivity contribution in [2.24, 2.45) is 0 Å². The molecule has 0 bridgehead atoms. The highest BCUT2D eigenvalue weighted by atomic mass is 16.5. The molecule has 8 heteroatoms. The molecule has 0 saturated heterocycles. The molecule has 0 aliphatic heterocycles. The third-order valence-corrected chi connectivity index (χ3v) is 3.24. The maximum atomic E-state index is 12.0. The van der Waals surface area contributed by atoms with Crippen LogP contribution in [0.15, 0.2) is 37.2 Å². The van der Waals surface area contributed by atoms with E-state index in [1.54, 1.807) is 24.3 Å². The van der Waals surface area contributed by atoms with Crippen LogP contribution in [0.25, 0.3) is 0 Å². The summed E-state index contributed by atoms with van der Waals surface area (Å²) in [5.74, 6) is 1.63. The summed E-state index contributed by atoms with van der Waals surface area (Å²) in [4.78, 5) is 20.0. The Morgan fingerprint density at radius 3 is 2.36 bits per heavy atom. The highest BCUT2D eigenvalue weighted by Gasteiger charge is 2.14. The monoisotopic (exact) mass is 344 g/mol. The molecule has 2 aromatic rings. The summed E-state index contributed by atoms with van der Waals surface area (Å²) >= 11 is 0. The normalized spacial score (nSPS) is 9.88. The van der Waals surface area contributed by atoms with Crippen LogP contribution < -0.4 is 24.8 Å². The van der Waals surface area contributed by atoms with Crippen molar-refractivity contribution in [3.8, 4) is 17.2 Å². The molecule has 25 heavy (non-hydrogen) atoms. The first kappa shape index (κ1) is 18.1. The number of hydrogen-bond donors (Lipinski definition) is 2. The molecule has 132 valence electrons. The van der Waals surface area contributed by atoms with Crippen molar-refractivity contribution >= 4 is 17.4 Å². The summed E-state index contributed by atoms with van der Waals surface area (Å²) in [6.07, 6.45) is 2.90. The third-order valence-electron chi connectivity index (χ3n) is 3.24. The van der Waals surface area contributed by atoms with Crippen LogP contribution in [0, 0.1) is 0 Å². The van der Waals surface area contributed by atoms with E-state index < -0.39 is 0 Å². The average Bonchev–Trinajstić information content (AvgIpc) is 2.65. The largest absolute Gasteiger partial charge is 0.493 e. The smallest absolute Gasteiger partial charge is 0.270 e. The number of hydrogen-bond acceptors (Lipinski definition) is 7. The number of nitrogens with zero attached hydrogens (tertiary/aromatic N) is 2. The van der Waals surface area contributed by atoms with Gasteiger partial charge in [0.25, 0.3) is 5.91 Å². The van der Waals surface area contributed by atoms with Gasteiger partial charge in [-0.2, -0.15) is 0 Å². The van der Waals surface area contributed by atoms with Crippen LogP contribution in [0.3, 0.4) is 0 Å². The van der Waals surface area contributed by atoms with Crippen molar-refractivity contribution in [1.82, 2.24) is 15.3 Å². The SMILES string of the molecule is C=CCNC(=O)c1cc(Nc2cc(OC)c(OC)c(OC)c2)ncn1. The Hall–Kier alpha value is -3.29. The maximum absolute atomic E-state index is 12.0. The third kappa shape index (κ3) is 4.37. The van der Waals surface area contributed by atoms with Crippen LogP contribution in [0.2, 0.25) is 0 Å². The summed E-state index contributed by atoms with van der Waals surface area (Å²) in [6.45, 7) is 3.91. The zero-order chi connectivity index (χ0) is 18.2. The van der Waals surface area contributed by atoms with Gasteiger partial charge in [-0.15, -0.1) is 6.58 Å². The molecule has 2 rings (SSSR count). The highest BCUT2D eigenvalue weighted by molar-refractivity contribution is 5.93. The van der Waals surface area contributed by atoms with Crippen molar-refractivity contribution < 1.29 is 19.0 Å². The van der Waals surface area contributed by atoms with Crippen molar-refractivity contribution in [3.63, 3.8) is 0 Å². The second kappa shape index (κ2) is 8.53. The first-order valence-electron chi connectivity index (χ1n) is 7.41. The number of methoxy groups -OCH3 is 3. The lowest BCUT2D eigenvalue weighted by Crippen LogP contribution is -2.24. The number of anilines is 2. The van der Waals surface area contributed by atoms with Gasteiger partial charge in [0.15, 0.2) is 11.5 Å². The zero-order valence-corrected chi connectivity index (χ0v) is 14.3. The van der Waals surface area contributed by atoms with E-state index >= 15 is 0 Å². The Morgan fingerprint density at radius 1 is 1.12 bits per heavy atom. The predicted molar refractivity (Wildman–Crippen MR) is 93.9 cm³/mol. The lowest BCUT2D eigenvalue weighted by Gasteiger charge is -2.15. The van der Waals surface area contributed by atoms with E-state index in [1.807, 2.05) is 0 Å². The second-order valence-corrected chi connectivity index (χ2v) is 4.83. The van der Waals surface area contributed by atoms with Crippen LogP contribution in [-0.4, -0.2) is 43.7 Å². The molecule has 1 heterocycles. The van der Waals surface area contributed by atoms with E-state index in [0.29, 0.717) is 35.3 Å². The molecule has 1 aromatic heterocycles. The molecular weight excluding hydrogens is 324 g/mol. The van der Waals surface area contributed by atoms with Gasteiger partial charge >= 0.3 is 0 Å². The molecule has 0 saturated carbocycles. The van der Waals surface area contributed by atoms with Crippen LogP contribution in [0.5, 0.6) is 17.2 Å². The first-order valence-corrected chi connectivity index (χ1v) is 7.41. The van der Waals surface area contributed by atoms with E-state index in [9.17, 15) is 4.79 Å². The van der Waals surface area contributed by atoms with Crippen molar-refractivity contribution in [3.05, 3.63) is 42.9 Å². The van der Waals surface area contributed by atoms with E-state index in [1.165, 1.54) is 27.7 Å². The molecule has 0 aliphatic carbocycles. The van der Waals surface area contributed by atoms with Gasteiger partial charge in [-0.1, -0.05) is 6.08 Å². The summed E-state index contributed by atoms with van der Waals surface area (Å²) in [5, 5.41) is 5.75. The highest BCUT2D eigenvalue weighted by Crippen LogP contribution is 2.40. The average molecular weight is 344 g/mol. The van der Waals surface area contributed by atoms with Crippen LogP contribution in [0.4, 0.5) is 11.5 Å². The molecule has 1 amide bonds. The van der Waals surface area contributed by atoms with Crippen LogP contribution >= 0.6 is 0 Å². The number of amides is 1. The van der Waals surface area contributed by atoms with Gasteiger partial charge in [0.2, 0.25) is 5.75 Å². The van der Waals surface area contributed by atoms with Gasteiger partial charge in [-0.05, 0) is 0 Å². The summed E-state index contributed by atoms with van der Waals surface area (Å²) < 4.78 is 15.9. The molecule has 1 aromatic carbocycles. The van der Waals surface area contributed by atoms with Crippen molar-refractivity contribution in [2.45, 2.75) is 0 Å². The predicted octanol–water partition coefficient (Wildman–Crippen LogP) is 2.16. The lowest BCUT2D eigenvalue weighted by atomic mass is 10.2. The minimum absolute atomic E-state index is 0.242. The molecule has 0 fully saturated rings. The molecule has 8 nitrogen and oxygen atoms in total. The first-order chi connectivity index (χ1) is 12.1. The Balaban J connectivity index is 2.27. The van der Waals surface area contributed by atoms with Gasteiger partial charge in [0.1, 0.15) is 17.8 Å². The summed E-state index contributed by atoms with van der Waals surface area (Å²) in [6, 6.07) is 5.02. The standard InChI is InChI=1S/C17H20N4O4/c1-5-6-18-17(22)12-9-15(20-10-19-12)21-11-7-13(23-2)16(25-4)14(8-11)24-3/h5,7-10H,1,6H2,2-4H3,(H,18,22)(H,19,20,21). The zero-order valence-electron chi connectivity index (χ0n) is 14.3. The molecule has 0 spiro atoms. The molecule has 0 atom stereocenters. The molecule has 2 N–H and O–H groups in total. The van der Waals surface area contributed by atoms with Crippen molar-refractivity contribution in [1.29, 1.82) is 0 Å². The van der Waals surface area contributed by atoms with E-state index in [4.69, 9.17) is 14.2 Å². The van der Waals surface area contributed by atoms with Gasteiger partial charge < -0.3 is 24.8 Å². The van der Waals surface area contributed by atoms with E-state index in [0.717, 1.165) is 0 Å². The minimum Gasteiger partial charge on any atom is -0.493 e. The Bertz CT molecular complexity index is 739.